The van der Waals surface area contributed by atoms with Crippen molar-refractivity contribution < 1.29 is 9.53 Å². The van der Waals surface area contributed by atoms with Crippen molar-refractivity contribution in [2.75, 3.05) is 26.2 Å². The lowest BCUT2D eigenvalue weighted by Crippen LogP contribution is -2.33. The zero-order chi connectivity index (χ0) is 12.6. The Morgan fingerprint density at radius 1 is 1.56 bits per heavy atom. The zero-order valence-electron chi connectivity index (χ0n) is 10.2. The molecule has 100 valence electrons. The lowest BCUT2D eigenvalue weighted by molar-refractivity contribution is 0.0317. The third-order valence-corrected chi connectivity index (χ3v) is 3.32. The van der Waals surface area contributed by atoms with E-state index in [1.54, 1.807) is 0 Å². The van der Waals surface area contributed by atoms with Crippen molar-refractivity contribution in [1.29, 1.82) is 0 Å². The van der Waals surface area contributed by atoms with Crippen molar-refractivity contribution >= 4 is 17.6 Å². The van der Waals surface area contributed by atoms with Gasteiger partial charge in [0.15, 0.2) is 5.69 Å². The predicted octanol–water partition coefficient (Wildman–Crippen LogP) is 0.427. The highest BCUT2D eigenvalue weighted by molar-refractivity contribution is 6.99. The molecule has 7 heteroatoms. The van der Waals surface area contributed by atoms with Gasteiger partial charge in [0.1, 0.15) is 0 Å². The number of carbonyl (C=O) groups excluding carboxylic acids is 1. The van der Waals surface area contributed by atoms with Gasteiger partial charge in [-0.3, -0.25) is 4.79 Å². The SMILES string of the molecule is O=C(NCCCOC1CCNCC1)c1cnsn1. The van der Waals surface area contributed by atoms with Gasteiger partial charge in [-0.25, -0.2) is 0 Å². The van der Waals surface area contributed by atoms with E-state index >= 15 is 0 Å². The molecule has 1 amide bonds. The molecule has 0 saturated carbocycles. The quantitative estimate of drug-likeness (QED) is 0.733. The van der Waals surface area contributed by atoms with Crippen LogP contribution in [0.25, 0.3) is 0 Å². The van der Waals surface area contributed by atoms with E-state index in [0.29, 0.717) is 24.9 Å². The number of hydrogen-bond acceptors (Lipinski definition) is 6. The zero-order valence-corrected chi connectivity index (χ0v) is 11.0. The number of nitrogens with one attached hydrogen (secondary N) is 2. The highest BCUT2D eigenvalue weighted by Gasteiger charge is 2.12. The largest absolute Gasteiger partial charge is 0.378 e. The lowest BCUT2D eigenvalue weighted by Gasteiger charge is -2.22. The van der Waals surface area contributed by atoms with Gasteiger partial charge in [-0.05, 0) is 32.4 Å². The van der Waals surface area contributed by atoms with Gasteiger partial charge >= 0.3 is 0 Å². The maximum Gasteiger partial charge on any atom is 0.272 e. The molecular formula is C11H18N4O2S. The van der Waals surface area contributed by atoms with Gasteiger partial charge in [0, 0.05) is 13.2 Å². The first kappa shape index (κ1) is 13.4. The van der Waals surface area contributed by atoms with Crippen molar-refractivity contribution in [2.45, 2.75) is 25.4 Å². The Kier molecular flexibility index (Phi) is 5.50. The number of rotatable bonds is 6. The fraction of sp³-hybridized carbons (Fsp3) is 0.727. The Morgan fingerprint density at radius 3 is 3.11 bits per heavy atom. The van der Waals surface area contributed by atoms with Gasteiger partial charge in [0.2, 0.25) is 0 Å². The molecule has 1 fully saturated rings. The standard InChI is InChI=1S/C11H18N4O2S/c16-11(10-8-14-18-15-10)13-4-1-7-17-9-2-5-12-6-3-9/h8-9,12H,1-7H2,(H,13,16). The molecule has 1 aliphatic rings. The average molecular weight is 270 g/mol. The fourth-order valence-corrected chi connectivity index (χ4v) is 2.25. The first-order valence-corrected chi connectivity index (χ1v) is 6.97. The molecule has 2 heterocycles. The number of hydrogen-bond donors (Lipinski definition) is 2. The monoisotopic (exact) mass is 270 g/mol. The Balaban J connectivity index is 1.52. The van der Waals surface area contributed by atoms with E-state index in [9.17, 15) is 4.79 Å². The summed E-state index contributed by atoms with van der Waals surface area (Å²) in [7, 11) is 0. The minimum atomic E-state index is -0.161. The maximum absolute atomic E-state index is 11.5. The minimum absolute atomic E-state index is 0.161. The van der Waals surface area contributed by atoms with Gasteiger partial charge in [0.05, 0.1) is 24.0 Å². The van der Waals surface area contributed by atoms with Crippen LogP contribution in [0.5, 0.6) is 0 Å². The van der Waals surface area contributed by atoms with Crippen LogP contribution in [0.3, 0.4) is 0 Å². The molecule has 0 atom stereocenters. The van der Waals surface area contributed by atoms with E-state index in [1.165, 1.54) is 6.20 Å². The second kappa shape index (κ2) is 7.40. The molecule has 2 rings (SSSR count). The summed E-state index contributed by atoms with van der Waals surface area (Å²) >= 11 is 1.04. The molecule has 0 bridgehead atoms. The first-order chi connectivity index (χ1) is 8.86. The van der Waals surface area contributed by atoms with Crippen LogP contribution in [-0.4, -0.2) is 47.0 Å². The molecular weight excluding hydrogens is 252 g/mol. The van der Waals surface area contributed by atoms with Crippen LogP contribution < -0.4 is 10.6 Å². The molecule has 2 N–H and O–H groups in total. The number of aromatic nitrogens is 2. The average Bonchev–Trinajstić information content (AvgIpc) is 2.93. The van der Waals surface area contributed by atoms with Gasteiger partial charge in [0.25, 0.3) is 5.91 Å². The third kappa shape index (κ3) is 4.32. The summed E-state index contributed by atoms with van der Waals surface area (Å²) in [5.41, 5.74) is 0.388. The van der Waals surface area contributed by atoms with Crippen LogP contribution in [0.15, 0.2) is 6.20 Å². The Morgan fingerprint density at radius 2 is 2.39 bits per heavy atom. The summed E-state index contributed by atoms with van der Waals surface area (Å²) in [6.07, 6.45) is 4.84. The highest BCUT2D eigenvalue weighted by Crippen LogP contribution is 2.07. The van der Waals surface area contributed by atoms with Crippen LogP contribution >= 0.6 is 11.7 Å². The number of piperidine rings is 1. The van der Waals surface area contributed by atoms with E-state index < -0.39 is 0 Å². The normalized spacial score (nSPS) is 16.7. The molecule has 1 aliphatic heterocycles. The van der Waals surface area contributed by atoms with Crippen molar-refractivity contribution in [1.82, 2.24) is 19.4 Å². The number of ether oxygens (including phenoxy) is 1. The van der Waals surface area contributed by atoms with Gasteiger partial charge in [-0.15, -0.1) is 0 Å². The van der Waals surface area contributed by atoms with Gasteiger partial charge in [-0.1, -0.05) is 0 Å². The second-order valence-electron chi connectivity index (χ2n) is 4.22. The number of nitrogens with zero attached hydrogens (tertiary/aromatic N) is 2. The maximum atomic E-state index is 11.5. The molecule has 18 heavy (non-hydrogen) atoms. The van der Waals surface area contributed by atoms with Crippen LogP contribution in [0.2, 0.25) is 0 Å². The predicted molar refractivity (Wildman–Crippen MR) is 68.7 cm³/mol. The Labute approximate surface area is 110 Å². The number of carbonyl (C=O) groups is 1. The molecule has 0 radical (unpaired) electrons. The Hall–Kier alpha value is -1.05. The van der Waals surface area contributed by atoms with E-state index in [2.05, 4.69) is 19.4 Å². The molecule has 0 spiro atoms. The van der Waals surface area contributed by atoms with E-state index in [1.807, 2.05) is 0 Å². The van der Waals surface area contributed by atoms with Crippen LogP contribution in [0.4, 0.5) is 0 Å². The summed E-state index contributed by atoms with van der Waals surface area (Å²) in [4.78, 5) is 11.5. The minimum Gasteiger partial charge on any atom is -0.378 e. The smallest absolute Gasteiger partial charge is 0.272 e. The summed E-state index contributed by atoms with van der Waals surface area (Å²) in [5.74, 6) is -0.161. The van der Waals surface area contributed by atoms with Crippen LogP contribution in [0.1, 0.15) is 29.8 Å². The molecule has 0 aliphatic carbocycles. The van der Waals surface area contributed by atoms with Crippen molar-refractivity contribution in [3.8, 4) is 0 Å². The molecule has 1 aromatic rings. The van der Waals surface area contributed by atoms with E-state index in [4.69, 9.17) is 4.74 Å². The number of amides is 1. The summed E-state index contributed by atoms with van der Waals surface area (Å²) in [6, 6.07) is 0. The van der Waals surface area contributed by atoms with Crippen molar-refractivity contribution in [3.63, 3.8) is 0 Å². The van der Waals surface area contributed by atoms with E-state index in [-0.39, 0.29) is 5.91 Å². The van der Waals surface area contributed by atoms with Crippen LogP contribution in [-0.2, 0) is 4.74 Å². The van der Waals surface area contributed by atoms with Crippen molar-refractivity contribution in [3.05, 3.63) is 11.9 Å². The van der Waals surface area contributed by atoms with Crippen molar-refractivity contribution in [2.24, 2.45) is 0 Å². The summed E-state index contributed by atoms with van der Waals surface area (Å²) < 4.78 is 13.4. The third-order valence-electron chi connectivity index (χ3n) is 2.84. The van der Waals surface area contributed by atoms with Gasteiger partial charge in [-0.2, -0.15) is 8.75 Å². The molecule has 1 saturated heterocycles. The summed E-state index contributed by atoms with van der Waals surface area (Å²) in [6.45, 7) is 3.39. The fourth-order valence-electron chi connectivity index (χ4n) is 1.84. The van der Waals surface area contributed by atoms with Gasteiger partial charge < -0.3 is 15.4 Å². The summed E-state index contributed by atoms with van der Waals surface area (Å²) in [5, 5.41) is 6.09. The van der Waals surface area contributed by atoms with E-state index in [0.717, 1.165) is 44.1 Å². The lowest BCUT2D eigenvalue weighted by atomic mass is 10.1. The molecule has 1 aromatic heterocycles. The highest BCUT2D eigenvalue weighted by atomic mass is 32.1. The Bertz CT molecular complexity index is 352. The van der Waals surface area contributed by atoms with Crippen LogP contribution in [0, 0.1) is 0 Å². The molecule has 0 unspecified atom stereocenters. The molecule has 6 nitrogen and oxygen atoms in total. The first-order valence-electron chi connectivity index (χ1n) is 6.24. The topological polar surface area (TPSA) is 76.1 Å². The second-order valence-corrected chi connectivity index (χ2v) is 4.78. The molecule has 0 aromatic carbocycles.